The van der Waals surface area contributed by atoms with Crippen molar-refractivity contribution in [2.45, 2.75) is 19.6 Å². The summed E-state index contributed by atoms with van der Waals surface area (Å²) in [5.74, 6) is 1.77. The van der Waals surface area contributed by atoms with Gasteiger partial charge >= 0.3 is 0 Å². The smallest absolute Gasteiger partial charge is 0.123 e. The maximum absolute atomic E-state index is 9.36. The van der Waals surface area contributed by atoms with Crippen molar-refractivity contribution in [1.29, 1.82) is 0 Å². The van der Waals surface area contributed by atoms with Crippen LogP contribution in [0.2, 0.25) is 0 Å². The minimum atomic E-state index is -0.182. The van der Waals surface area contributed by atoms with Gasteiger partial charge in [0.05, 0.1) is 85.0 Å². The van der Waals surface area contributed by atoms with E-state index in [-0.39, 0.29) is 13.2 Å². The van der Waals surface area contributed by atoms with E-state index in [9.17, 15) is 10.2 Å². The first-order valence-corrected chi connectivity index (χ1v) is 15.9. The summed E-state index contributed by atoms with van der Waals surface area (Å²) in [5, 5.41) is 18.7. The molecule has 2 N–H and O–H groups in total. The second kappa shape index (κ2) is 19.5. The largest absolute Gasteiger partial charge is 0.492 e. The molecule has 2 heterocycles. The Kier molecular flexibility index (Phi) is 17.0. The molecule has 1 aliphatic heterocycles. The van der Waals surface area contributed by atoms with Crippen LogP contribution in [0.5, 0.6) is 5.75 Å². The minimum Gasteiger partial charge on any atom is -0.492 e. The Morgan fingerprint density at radius 3 is 2.29 bits per heavy atom. The Labute approximate surface area is 217 Å². The zero-order valence-electron chi connectivity index (χ0n) is 21.4. The number of pyridine rings is 1. The monoisotopic (exact) mass is 534 g/mol. The highest BCUT2D eigenvalue weighted by atomic mass is 33.1. The van der Waals surface area contributed by atoms with Gasteiger partial charge in [-0.15, -0.1) is 0 Å². The summed E-state index contributed by atoms with van der Waals surface area (Å²) in [6.07, 6.45) is 5.63. The summed E-state index contributed by atoms with van der Waals surface area (Å²) in [6, 6.07) is 3.43. The number of hydrogen-bond acceptors (Lipinski definition) is 10. The lowest BCUT2D eigenvalue weighted by molar-refractivity contribution is 0.00562. The normalized spacial score (nSPS) is 14.8. The molecule has 1 aromatic heterocycles. The first-order valence-electron chi connectivity index (χ1n) is 12.3. The number of ether oxygens (including phenoxy) is 4. The number of hydrogen-bond donors (Lipinski definition) is 2. The molecule has 1 aliphatic rings. The van der Waals surface area contributed by atoms with Crippen LogP contribution in [0, 0.1) is 0 Å². The molecule has 35 heavy (non-hydrogen) atoms. The van der Waals surface area contributed by atoms with E-state index in [1.54, 1.807) is 12.1 Å². The lowest BCUT2D eigenvalue weighted by Crippen LogP contribution is -2.38. The molecule has 0 saturated carbocycles. The van der Waals surface area contributed by atoms with Gasteiger partial charge in [-0.3, -0.25) is 14.8 Å². The van der Waals surface area contributed by atoms with Crippen molar-refractivity contribution in [3.05, 3.63) is 23.5 Å². The summed E-state index contributed by atoms with van der Waals surface area (Å²) in [4.78, 5) is 8.88. The van der Waals surface area contributed by atoms with Gasteiger partial charge in [-0.2, -0.15) is 0 Å². The lowest BCUT2D eigenvalue weighted by Gasteiger charge is -2.26. The van der Waals surface area contributed by atoms with Crippen molar-refractivity contribution in [1.82, 2.24) is 14.8 Å². The average Bonchev–Trinajstić information content (AvgIpc) is 2.87. The van der Waals surface area contributed by atoms with Gasteiger partial charge < -0.3 is 29.2 Å². The molecule has 2 rings (SSSR count). The molecular formula is C24H44N3O6S2+. The molecule has 0 amide bonds. The fraction of sp³-hybridized carbons (Fsp3) is 0.792. The van der Waals surface area contributed by atoms with Gasteiger partial charge in [0.25, 0.3) is 0 Å². The van der Waals surface area contributed by atoms with E-state index < -0.39 is 0 Å². The second-order valence-electron chi connectivity index (χ2n) is 8.39. The van der Waals surface area contributed by atoms with E-state index >= 15 is 0 Å². The van der Waals surface area contributed by atoms with Crippen molar-refractivity contribution >= 4 is 20.7 Å². The minimum absolute atomic E-state index is 0.182. The van der Waals surface area contributed by atoms with Gasteiger partial charge in [-0.25, -0.2) is 0 Å². The van der Waals surface area contributed by atoms with Crippen LogP contribution in [0.1, 0.15) is 17.8 Å². The fourth-order valence-electron chi connectivity index (χ4n) is 3.54. The SMILES string of the molecule is C[S+](C)SCCCN(CCOCCOCCN1CCOCC1)CCOc1cc(CO)nc(CO)c1. The van der Waals surface area contributed by atoms with Crippen molar-refractivity contribution < 1.29 is 29.2 Å². The molecular weight excluding hydrogens is 490 g/mol. The third-order valence-electron chi connectivity index (χ3n) is 5.42. The van der Waals surface area contributed by atoms with Crippen molar-refractivity contribution in [2.24, 2.45) is 0 Å². The number of aliphatic hydroxyl groups excluding tert-OH is 2. The number of aromatic nitrogens is 1. The molecule has 0 aliphatic carbocycles. The highest BCUT2D eigenvalue weighted by molar-refractivity contribution is 8.73. The van der Waals surface area contributed by atoms with Crippen LogP contribution >= 0.6 is 10.8 Å². The highest BCUT2D eigenvalue weighted by Gasteiger charge is 2.11. The molecule has 0 radical (unpaired) electrons. The zero-order chi connectivity index (χ0) is 25.1. The Bertz CT molecular complexity index is 646. The van der Waals surface area contributed by atoms with Crippen molar-refractivity contribution in [2.75, 3.05) is 104 Å². The maximum Gasteiger partial charge on any atom is 0.123 e. The lowest BCUT2D eigenvalue weighted by atomic mass is 10.3. The van der Waals surface area contributed by atoms with Gasteiger partial charge in [0, 0.05) is 50.6 Å². The zero-order valence-corrected chi connectivity index (χ0v) is 23.0. The highest BCUT2D eigenvalue weighted by Crippen LogP contribution is 2.15. The number of aliphatic hydroxyl groups is 2. The molecule has 1 fully saturated rings. The van der Waals surface area contributed by atoms with E-state index in [2.05, 4.69) is 27.3 Å². The standard InChI is InChI=1S/C24H44N3O6S2/c1-35(2)34-17-3-4-26(9-14-33-24-18-22(20-28)25-23(19-24)21-29)5-12-31-15-16-32-13-8-27-6-10-30-11-7-27/h18-19,28-29H,3-17,20-21H2,1-2H3/q+1. The van der Waals surface area contributed by atoms with Crippen molar-refractivity contribution in [3.63, 3.8) is 0 Å². The van der Waals surface area contributed by atoms with Crippen LogP contribution in [0.3, 0.4) is 0 Å². The number of morpholine rings is 1. The molecule has 0 bridgehead atoms. The van der Waals surface area contributed by atoms with Crippen LogP contribution in [-0.2, 0) is 37.4 Å². The van der Waals surface area contributed by atoms with Gasteiger partial charge in [-0.1, -0.05) is 0 Å². The molecule has 0 unspecified atom stereocenters. The third kappa shape index (κ3) is 14.6. The van der Waals surface area contributed by atoms with E-state index in [4.69, 9.17) is 18.9 Å². The molecule has 1 saturated heterocycles. The summed E-state index contributed by atoms with van der Waals surface area (Å²) >= 11 is 0. The van der Waals surface area contributed by atoms with Crippen LogP contribution in [-0.4, -0.2) is 129 Å². The molecule has 202 valence electrons. The third-order valence-corrected chi connectivity index (χ3v) is 8.26. The van der Waals surface area contributed by atoms with Gasteiger partial charge in [-0.05, 0) is 13.0 Å². The Morgan fingerprint density at radius 2 is 1.63 bits per heavy atom. The van der Waals surface area contributed by atoms with E-state index in [1.807, 2.05) is 10.8 Å². The Hall–Kier alpha value is -0.630. The molecule has 1 aromatic rings. The Balaban J connectivity index is 1.64. The summed E-state index contributed by atoms with van der Waals surface area (Å²) in [5.41, 5.74) is 0.992. The van der Waals surface area contributed by atoms with Crippen LogP contribution < -0.4 is 4.74 Å². The fourth-order valence-corrected chi connectivity index (χ4v) is 5.47. The Morgan fingerprint density at radius 1 is 0.971 bits per heavy atom. The van der Waals surface area contributed by atoms with Crippen LogP contribution in [0.4, 0.5) is 0 Å². The maximum atomic E-state index is 9.36. The van der Waals surface area contributed by atoms with E-state index in [1.165, 1.54) is 0 Å². The molecule has 0 atom stereocenters. The average molecular weight is 535 g/mol. The first-order chi connectivity index (χ1) is 17.1. The number of rotatable bonds is 20. The first kappa shape index (κ1) is 30.6. The quantitative estimate of drug-likeness (QED) is 0.143. The predicted octanol–water partition coefficient (Wildman–Crippen LogP) is 1.03. The molecule has 0 spiro atoms. The summed E-state index contributed by atoms with van der Waals surface area (Å²) in [6.45, 7) is 9.92. The van der Waals surface area contributed by atoms with Crippen LogP contribution in [0.15, 0.2) is 12.1 Å². The van der Waals surface area contributed by atoms with Crippen LogP contribution in [0.25, 0.3) is 0 Å². The van der Waals surface area contributed by atoms with Gasteiger partial charge in [0.1, 0.15) is 24.9 Å². The molecule has 11 heteroatoms. The second-order valence-corrected chi connectivity index (χ2v) is 13.2. The predicted molar refractivity (Wildman–Crippen MR) is 143 cm³/mol. The topological polar surface area (TPSA) is 96.8 Å². The summed E-state index contributed by atoms with van der Waals surface area (Å²) < 4.78 is 22.8. The van der Waals surface area contributed by atoms with Crippen molar-refractivity contribution in [3.8, 4) is 5.75 Å². The molecule has 0 aromatic carbocycles. The van der Waals surface area contributed by atoms with E-state index in [0.29, 0.717) is 53.5 Å². The summed E-state index contributed by atoms with van der Waals surface area (Å²) in [7, 11) is 2.41. The number of nitrogens with zero attached hydrogens (tertiary/aromatic N) is 3. The van der Waals surface area contributed by atoms with Gasteiger partial charge in [0.15, 0.2) is 0 Å². The molecule has 9 nitrogen and oxygen atoms in total. The van der Waals surface area contributed by atoms with Gasteiger partial charge in [0.2, 0.25) is 0 Å². The van der Waals surface area contributed by atoms with E-state index in [0.717, 1.165) is 71.3 Å².